The van der Waals surface area contributed by atoms with Gasteiger partial charge in [-0.1, -0.05) is 42.5 Å². The molecule has 0 saturated carbocycles. The monoisotopic (exact) mass is 421 g/mol. The highest BCUT2D eigenvalue weighted by Gasteiger charge is 2.14. The minimum Gasteiger partial charge on any atom is -0.372 e. The molecule has 0 aliphatic heterocycles. The lowest BCUT2D eigenvalue weighted by atomic mass is 9.90. The molecule has 2 nitrogen and oxygen atoms in total. The van der Waals surface area contributed by atoms with Crippen LogP contribution in [0.2, 0.25) is 0 Å². The van der Waals surface area contributed by atoms with Crippen LogP contribution in [0, 0.1) is 0 Å². The maximum Gasteiger partial charge on any atom is 0.199 e. The summed E-state index contributed by atoms with van der Waals surface area (Å²) in [7, 11) is 0. The second-order valence-electron chi connectivity index (χ2n) is 7.18. The van der Waals surface area contributed by atoms with Crippen LogP contribution in [0.15, 0.2) is 84.5 Å². The van der Waals surface area contributed by atoms with Gasteiger partial charge in [0.05, 0.1) is 0 Å². The van der Waals surface area contributed by atoms with Crippen molar-refractivity contribution in [3.63, 3.8) is 0 Å². The Morgan fingerprint density at radius 1 is 0.700 bits per heavy atom. The highest BCUT2D eigenvalue weighted by Crippen LogP contribution is 2.30. The molecule has 30 heavy (non-hydrogen) atoms. The van der Waals surface area contributed by atoms with Gasteiger partial charge in [0, 0.05) is 30.9 Å². The zero-order valence-electron chi connectivity index (χ0n) is 18.6. The van der Waals surface area contributed by atoms with E-state index in [1.807, 2.05) is 0 Å². The van der Waals surface area contributed by atoms with Crippen LogP contribution in [-0.2, 0) is 0 Å². The molecule has 2 aromatic carbocycles. The quantitative estimate of drug-likeness (QED) is 0.470. The maximum absolute atomic E-state index is 2.38. The van der Waals surface area contributed by atoms with Crippen molar-refractivity contribution in [1.29, 1.82) is 0 Å². The summed E-state index contributed by atoms with van der Waals surface area (Å²) in [5, 5.41) is 0. The predicted octanol–water partition coefficient (Wildman–Crippen LogP) is 6.38. The number of halogens is 1. The molecule has 3 heteroatoms. The molecule has 0 N–H and O–H groups in total. The molecule has 3 rings (SSSR count). The van der Waals surface area contributed by atoms with Gasteiger partial charge in [-0.25, -0.2) is 4.58 Å². The molecule has 0 saturated heterocycles. The molecule has 0 unspecified atom stereocenters. The largest absolute Gasteiger partial charge is 0.372 e. The second kappa shape index (κ2) is 11.6. The second-order valence-corrected chi connectivity index (χ2v) is 7.18. The maximum atomic E-state index is 2.38. The Kier molecular flexibility index (Phi) is 9.14. The van der Waals surface area contributed by atoms with Gasteiger partial charge < -0.3 is 4.90 Å². The molecule has 1 aliphatic rings. The average Bonchev–Trinajstić information content (AvgIpc) is 2.78. The third kappa shape index (κ3) is 5.31. The minimum absolute atomic E-state index is 0. The molecule has 0 atom stereocenters. The van der Waals surface area contributed by atoms with Crippen molar-refractivity contribution >= 4 is 29.4 Å². The number of anilines is 1. The molecule has 158 valence electrons. The lowest BCUT2D eigenvalue weighted by Gasteiger charge is -2.22. The van der Waals surface area contributed by atoms with E-state index in [-0.39, 0.29) is 12.4 Å². The molecule has 0 amide bonds. The third-order valence-electron chi connectivity index (χ3n) is 5.63. The molecule has 0 aromatic heterocycles. The van der Waals surface area contributed by atoms with Crippen LogP contribution >= 0.6 is 12.4 Å². The van der Waals surface area contributed by atoms with E-state index in [0.29, 0.717) is 0 Å². The number of nitrogens with zero attached hydrogens (tertiary/aromatic N) is 2. The fourth-order valence-corrected chi connectivity index (χ4v) is 3.96. The van der Waals surface area contributed by atoms with Gasteiger partial charge in [0.2, 0.25) is 0 Å². The fourth-order valence-electron chi connectivity index (χ4n) is 3.96. The zero-order chi connectivity index (χ0) is 20.6. The highest BCUT2D eigenvalue weighted by molar-refractivity contribution is 6.04. The van der Waals surface area contributed by atoms with E-state index in [4.69, 9.17) is 0 Å². The summed E-state index contributed by atoms with van der Waals surface area (Å²) < 4.78 is 2.38. The van der Waals surface area contributed by atoms with Crippen LogP contribution < -0.4 is 4.90 Å². The zero-order valence-corrected chi connectivity index (χ0v) is 19.5. The van der Waals surface area contributed by atoms with Crippen LogP contribution in [0.4, 0.5) is 5.69 Å². The first-order valence-corrected chi connectivity index (χ1v) is 10.8. The summed E-state index contributed by atoms with van der Waals surface area (Å²) in [5.41, 5.74) is 7.60. The van der Waals surface area contributed by atoms with Gasteiger partial charge in [0.25, 0.3) is 0 Å². The van der Waals surface area contributed by atoms with Crippen LogP contribution in [0.5, 0.6) is 0 Å². The van der Waals surface area contributed by atoms with Crippen LogP contribution in [-0.4, -0.2) is 36.5 Å². The molecule has 0 radical (unpaired) electrons. The molecule has 0 bridgehead atoms. The van der Waals surface area contributed by atoms with Gasteiger partial charge >= 0.3 is 0 Å². The molecular formula is C27H34ClN2+. The lowest BCUT2D eigenvalue weighted by molar-refractivity contribution is -0.519. The Morgan fingerprint density at radius 2 is 1.23 bits per heavy atom. The molecule has 0 heterocycles. The SMILES string of the molecule is CCN(CC)c1ccc(C(=C2C=CC(=[N+](CC)CC)C=C2)c2ccccc2)cc1.Cl. The Bertz CT molecular complexity index is 907. The number of hydrogen-bond acceptors (Lipinski definition) is 1. The Morgan fingerprint density at radius 3 is 1.73 bits per heavy atom. The van der Waals surface area contributed by atoms with E-state index in [2.05, 4.69) is 116 Å². The van der Waals surface area contributed by atoms with Crippen molar-refractivity contribution in [3.05, 3.63) is 95.6 Å². The van der Waals surface area contributed by atoms with Crippen LogP contribution in [0.25, 0.3) is 5.57 Å². The normalized spacial score (nSPS) is 12.5. The summed E-state index contributed by atoms with van der Waals surface area (Å²) >= 11 is 0. The standard InChI is InChI=1S/C27H33N2.ClH/c1-5-28(6-2)25-18-14-23(15-19-25)27(22-12-10-9-11-13-22)24-16-20-26(21-17-24)29(7-3)8-4;/h9-21H,5-8H2,1-4H3;1H/q+1;. The topological polar surface area (TPSA) is 6.25 Å². The van der Waals surface area contributed by atoms with Crippen molar-refractivity contribution in [3.8, 4) is 0 Å². The van der Waals surface area contributed by atoms with E-state index in [9.17, 15) is 0 Å². The van der Waals surface area contributed by atoms with E-state index in [1.54, 1.807) is 0 Å². The number of hydrogen-bond donors (Lipinski definition) is 0. The third-order valence-corrected chi connectivity index (χ3v) is 5.63. The first kappa shape index (κ1) is 23.7. The molecular weight excluding hydrogens is 388 g/mol. The first-order chi connectivity index (χ1) is 14.2. The average molecular weight is 422 g/mol. The van der Waals surface area contributed by atoms with Gasteiger partial charge in [0.1, 0.15) is 13.1 Å². The van der Waals surface area contributed by atoms with Crippen LogP contribution in [0.1, 0.15) is 38.8 Å². The summed E-state index contributed by atoms with van der Waals surface area (Å²) in [6.07, 6.45) is 9.01. The summed E-state index contributed by atoms with van der Waals surface area (Å²) in [5.74, 6) is 0. The Hall–Kier alpha value is -2.58. The Labute approximate surface area is 188 Å². The molecule has 2 aromatic rings. The van der Waals surface area contributed by atoms with Crippen LogP contribution in [0.3, 0.4) is 0 Å². The molecule has 1 aliphatic carbocycles. The number of rotatable bonds is 7. The van der Waals surface area contributed by atoms with Crippen molar-refractivity contribution < 1.29 is 4.58 Å². The van der Waals surface area contributed by atoms with Gasteiger partial charge in [-0.2, -0.15) is 0 Å². The number of benzene rings is 2. The van der Waals surface area contributed by atoms with E-state index in [0.717, 1.165) is 26.2 Å². The van der Waals surface area contributed by atoms with E-state index in [1.165, 1.54) is 33.7 Å². The predicted molar refractivity (Wildman–Crippen MR) is 134 cm³/mol. The minimum atomic E-state index is 0. The van der Waals surface area contributed by atoms with Crippen molar-refractivity contribution in [2.45, 2.75) is 27.7 Å². The Balaban J connectivity index is 0.00000320. The van der Waals surface area contributed by atoms with Gasteiger partial charge in [-0.3, -0.25) is 0 Å². The summed E-state index contributed by atoms with van der Waals surface area (Å²) in [6, 6.07) is 19.7. The number of allylic oxidation sites excluding steroid dienone is 5. The first-order valence-electron chi connectivity index (χ1n) is 10.8. The highest BCUT2D eigenvalue weighted by atomic mass is 35.5. The van der Waals surface area contributed by atoms with Crippen molar-refractivity contribution in [1.82, 2.24) is 0 Å². The summed E-state index contributed by atoms with van der Waals surface area (Å²) in [6.45, 7) is 12.9. The van der Waals surface area contributed by atoms with Crippen molar-refractivity contribution in [2.75, 3.05) is 31.1 Å². The van der Waals surface area contributed by atoms with E-state index >= 15 is 0 Å². The molecule has 0 fully saturated rings. The van der Waals surface area contributed by atoms with Gasteiger partial charge in [-0.05, 0) is 74.3 Å². The van der Waals surface area contributed by atoms with E-state index < -0.39 is 0 Å². The molecule has 0 spiro atoms. The van der Waals surface area contributed by atoms with Gasteiger partial charge in [0.15, 0.2) is 5.71 Å². The lowest BCUT2D eigenvalue weighted by Crippen LogP contribution is -2.21. The van der Waals surface area contributed by atoms with Crippen molar-refractivity contribution in [2.24, 2.45) is 0 Å². The smallest absolute Gasteiger partial charge is 0.199 e. The summed E-state index contributed by atoms with van der Waals surface area (Å²) in [4.78, 5) is 2.38. The fraction of sp³-hybridized carbons (Fsp3) is 0.296. The van der Waals surface area contributed by atoms with Gasteiger partial charge in [-0.15, -0.1) is 12.4 Å².